The zero-order chi connectivity index (χ0) is 11.0. The maximum atomic E-state index is 11.1. The Morgan fingerprint density at radius 3 is 2.64 bits per heavy atom. The number of carbonyl (C=O) groups is 2. The second kappa shape index (κ2) is 7.37. The molecule has 0 aliphatic rings. The van der Waals surface area contributed by atoms with E-state index in [4.69, 9.17) is 0 Å². The van der Waals surface area contributed by atoms with Crippen molar-refractivity contribution in [2.45, 2.75) is 6.92 Å². The fourth-order valence-electron chi connectivity index (χ4n) is 0.675. The average molecular weight is 217 g/mol. The molecule has 5 nitrogen and oxygen atoms in total. The van der Waals surface area contributed by atoms with E-state index in [2.05, 4.69) is 5.32 Å². The van der Waals surface area contributed by atoms with Crippen LogP contribution in [0.1, 0.15) is 6.92 Å². The maximum absolute atomic E-state index is 11.1. The SMILES string of the molecule is CC(=O)SCCN(C)C(=O)NC[C]=O. The van der Waals surface area contributed by atoms with Gasteiger partial charge in [-0.15, -0.1) is 0 Å². The number of carbonyl (C=O) groups excluding carboxylic acids is 3. The third-order valence-corrected chi connectivity index (χ3v) is 2.18. The zero-order valence-electron chi connectivity index (χ0n) is 8.20. The Labute approximate surface area is 87.2 Å². The van der Waals surface area contributed by atoms with E-state index >= 15 is 0 Å². The highest BCUT2D eigenvalue weighted by Gasteiger charge is 2.07. The highest BCUT2D eigenvalue weighted by Crippen LogP contribution is 2.00. The molecule has 0 rings (SSSR count). The predicted octanol–water partition coefficient (Wildman–Crippen LogP) is 0.0172. The molecule has 0 heterocycles. The topological polar surface area (TPSA) is 66.5 Å². The minimum Gasteiger partial charge on any atom is -0.330 e. The summed E-state index contributed by atoms with van der Waals surface area (Å²) in [7, 11) is 1.60. The molecule has 0 spiro atoms. The molecule has 0 saturated heterocycles. The van der Waals surface area contributed by atoms with Crippen molar-refractivity contribution in [3.8, 4) is 0 Å². The van der Waals surface area contributed by atoms with Gasteiger partial charge in [0.1, 0.15) is 0 Å². The number of hydrogen-bond donors (Lipinski definition) is 1. The average Bonchev–Trinajstić information content (AvgIpc) is 2.13. The van der Waals surface area contributed by atoms with Crippen molar-refractivity contribution in [3.63, 3.8) is 0 Å². The van der Waals surface area contributed by atoms with Gasteiger partial charge in [0, 0.05) is 26.3 Å². The summed E-state index contributed by atoms with van der Waals surface area (Å²) < 4.78 is 0. The van der Waals surface area contributed by atoms with Gasteiger partial charge in [0.15, 0.2) is 5.12 Å². The molecule has 0 bridgehead atoms. The van der Waals surface area contributed by atoms with E-state index in [1.165, 1.54) is 11.8 Å². The van der Waals surface area contributed by atoms with Crippen LogP contribution in [-0.2, 0) is 9.59 Å². The van der Waals surface area contributed by atoms with Crippen molar-refractivity contribution in [1.82, 2.24) is 10.2 Å². The Morgan fingerprint density at radius 2 is 2.14 bits per heavy atom. The van der Waals surface area contributed by atoms with E-state index in [1.54, 1.807) is 13.3 Å². The van der Waals surface area contributed by atoms with Crippen LogP contribution >= 0.6 is 11.8 Å². The maximum Gasteiger partial charge on any atom is 0.317 e. The summed E-state index contributed by atoms with van der Waals surface area (Å²) in [5, 5.41) is 2.37. The number of urea groups is 1. The minimum absolute atomic E-state index is 0.0278. The molecule has 0 aromatic rings. The lowest BCUT2D eigenvalue weighted by Crippen LogP contribution is -2.39. The van der Waals surface area contributed by atoms with E-state index in [-0.39, 0.29) is 17.7 Å². The van der Waals surface area contributed by atoms with Crippen LogP contribution in [0.25, 0.3) is 0 Å². The molecule has 6 heteroatoms. The molecule has 0 fully saturated rings. The van der Waals surface area contributed by atoms with Crippen LogP contribution in [-0.4, -0.2) is 48.2 Å². The van der Waals surface area contributed by atoms with Crippen molar-refractivity contribution in [2.75, 3.05) is 25.9 Å². The van der Waals surface area contributed by atoms with Gasteiger partial charge in [-0.25, -0.2) is 4.79 Å². The largest absolute Gasteiger partial charge is 0.330 e. The van der Waals surface area contributed by atoms with Gasteiger partial charge < -0.3 is 10.2 Å². The molecule has 2 amide bonds. The van der Waals surface area contributed by atoms with Gasteiger partial charge >= 0.3 is 6.03 Å². The third-order valence-electron chi connectivity index (χ3n) is 1.39. The first-order valence-electron chi connectivity index (χ1n) is 4.05. The number of amides is 2. The van der Waals surface area contributed by atoms with Crippen molar-refractivity contribution in [1.29, 1.82) is 0 Å². The summed E-state index contributed by atoms with van der Waals surface area (Å²) in [6.45, 7) is 1.84. The quantitative estimate of drug-likeness (QED) is 0.705. The lowest BCUT2D eigenvalue weighted by molar-refractivity contribution is -0.109. The number of hydrogen-bond acceptors (Lipinski definition) is 4. The van der Waals surface area contributed by atoms with E-state index in [9.17, 15) is 14.4 Å². The second-order valence-corrected chi connectivity index (χ2v) is 3.84. The summed E-state index contributed by atoms with van der Waals surface area (Å²) in [4.78, 5) is 32.9. The van der Waals surface area contributed by atoms with Gasteiger partial charge in [0.25, 0.3) is 0 Å². The van der Waals surface area contributed by atoms with Crippen LogP contribution in [0.4, 0.5) is 4.79 Å². The Kier molecular flexibility index (Phi) is 6.82. The molecule has 0 saturated carbocycles. The van der Waals surface area contributed by atoms with Crippen molar-refractivity contribution in [2.24, 2.45) is 0 Å². The van der Waals surface area contributed by atoms with Crippen LogP contribution in [0.15, 0.2) is 0 Å². The van der Waals surface area contributed by atoms with Gasteiger partial charge in [-0.05, 0) is 0 Å². The second-order valence-electron chi connectivity index (χ2n) is 2.56. The molecule has 0 atom stereocenters. The normalized spacial score (nSPS) is 9.29. The summed E-state index contributed by atoms with van der Waals surface area (Å²) >= 11 is 1.16. The molecular weight excluding hydrogens is 204 g/mol. The molecule has 1 N–H and O–H groups in total. The first-order chi connectivity index (χ1) is 6.57. The molecule has 0 unspecified atom stereocenters. The minimum atomic E-state index is -0.336. The molecule has 0 aromatic heterocycles. The van der Waals surface area contributed by atoms with Crippen LogP contribution in [0, 0.1) is 0 Å². The smallest absolute Gasteiger partial charge is 0.317 e. The van der Waals surface area contributed by atoms with Crippen LogP contribution in [0.2, 0.25) is 0 Å². The Morgan fingerprint density at radius 1 is 1.50 bits per heavy atom. The van der Waals surface area contributed by atoms with Gasteiger partial charge in [-0.2, -0.15) is 0 Å². The van der Waals surface area contributed by atoms with Crippen LogP contribution < -0.4 is 5.32 Å². The Balaban J connectivity index is 3.61. The van der Waals surface area contributed by atoms with E-state index in [0.29, 0.717) is 12.3 Å². The summed E-state index contributed by atoms with van der Waals surface area (Å²) in [6, 6.07) is -0.336. The van der Waals surface area contributed by atoms with E-state index < -0.39 is 0 Å². The number of rotatable bonds is 5. The fraction of sp³-hybridized carbons (Fsp3) is 0.625. The van der Waals surface area contributed by atoms with Crippen LogP contribution in [0.3, 0.4) is 0 Å². The Hall–Kier alpha value is -1.04. The molecule has 1 radical (unpaired) electrons. The summed E-state index contributed by atoms with van der Waals surface area (Å²) in [5.41, 5.74) is 0. The molecular formula is C8H13N2O3S. The van der Waals surface area contributed by atoms with Crippen molar-refractivity contribution < 1.29 is 14.4 Å². The van der Waals surface area contributed by atoms with Gasteiger partial charge in [-0.3, -0.25) is 9.59 Å². The van der Waals surface area contributed by atoms with Gasteiger partial charge in [-0.1, -0.05) is 11.8 Å². The lowest BCUT2D eigenvalue weighted by atomic mass is 10.6. The predicted molar refractivity (Wildman–Crippen MR) is 54.9 cm³/mol. The number of thioether (sulfide) groups is 1. The van der Waals surface area contributed by atoms with Crippen molar-refractivity contribution >= 4 is 29.2 Å². The first-order valence-corrected chi connectivity index (χ1v) is 5.03. The van der Waals surface area contributed by atoms with Gasteiger partial charge in [0.05, 0.1) is 6.54 Å². The highest BCUT2D eigenvalue weighted by atomic mass is 32.2. The number of nitrogens with one attached hydrogen (secondary N) is 1. The third kappa shape index (κ3) is 6.47. The molecule has 0 aliphatic carbocycles. The molecule has 14 heavy (non-hydrogen) atoms. The molecule has 79 valence electrons. The monoisotopic (exact) mass is 217 g/mol. The fourth-order valence-corrected chi connectivity index (χ4v) is 1.33. The van der Waals surface area contributed by atoms with Gasteiger partial charge in [0.2, 0.25) is 6.29 Å². The van der Waals surface area contributed by atoms with Crippen LogP contribution in [0.5, 0.6) is 0 Å². The molecule has 0 aromatic carbocycles. The first kappa shape index (κ1) is 13.0. The summed E-state index contributed by atoms with van der Waals surface area (Å²) in [6.07, 6.45) is 1.56. The molecule has 0 aliphatic heterocycles. The van der Waals surface area contributed by atoms with Crippen molar-refractivity contribution in [3.05, 3.63) is 0 Å². The lowest BCUT2D eigenvalue weighted by Gasteiger charge is -2.15. The Bertz CT molecular complexity index is 221. The highest BCUT2D eigenvalue weighted by molar-refractivity contribution is 8.13. The summed E-state index contributed by atoms with van der Waals surface area (Å²) in [5.74, 6) is 0.560. The van der Waals surface area contributed by atoms with E-state index in [1.807, 2.05) is 0 Å². The number of nitrogens with zero attached hydrogens (tertiary/aromatic N) is 1. The standard InChI is InChI=1S/C8H13N2O3S/c1-7(12)14-6-4-10(2)8(13)9-3-5-11/h3-4,6H2,1-2H3,(H,9,13). The van der Waals surface area contributed by atoms with E-state index in [0.717, 1.165) is 11.8 Å². The zero-order valence-corrected chi connectivity index (χ0v) is 9.02.